The summed E-state index contributed by atoms with van der Waals surface area (Å²) >= 11 is 0. The van der Waals surface area contributed by atoms with Crippen molar-refractivity contribution in [3.8, 4) is 17.3 Å². The molecule has 0 aliphatic heterocycles. The van der Waals surface area contributed by atoms with Gasteiger partial charge >= 0.3 is 12.2 Å². The van der Waals surface area contributed by atoms with Gasteiger partial charge in [-0.15, -0.1) is 0 Å². The van der Waals surface area contributed by atoms with Crippen molar-refractivity contribution in [3.05, 3.63) is 77.6 Å². The van der Waals surface area contributed by atoms with Crippen LogP contribution in [0.25, 0.3) is 22.2 Å². The van der Waals surface area contributed by atoms with Crippen LogP contribution >= 0.6 is 0 Å². The summed E-state index contributed by atoms with van der Waals surface area (Å²) in [5.74, 6) is -0.280. The number of H-pyrrole nitrogens is 1. The Morgan fingerprint density at radius 1 is 1.14 bits per heavy atom. The second kappa shape index (κ2) is 9.84. The van der Waals surface area contributed by atoms with E-state index in [-0.39, 0.29) is 17.8 Å². The van der Waals surface area contributed by atoms with Crippen molar-refractivity contribution >= 4 is 22.6 Å². The minimum Gasteiger partial charge on any atom is -0.454 e. The lowest BCUT2D eigenvalue weighted by Crippen LogP contribution is -2.25. The Morgan fingerprint density at radius 2 is 1.91 bits per heavy atom. The second-order valence-corrected chi connectivity index (χ2v) is 7.71. The standard InChI is InChI=1S/C24H21F3N6O2/c25-24(26,27)13-35-23-31-10-8-19(33-23)15-2-4-16(5-3-15)22(34)30-9-7-14-1-6-20-17(11-14)18(12-32-20)21(28)29/h1-6,8,10-12,32H,7,9,13H2,(H3,28,29)(H,30,34). The zero-order valence-electron chi connectivity index (χ0n) is 18.3. The molecule has 0 radical (unpaired) electrons. The van der Waals surface area contributed by atoms with Crippen LogP contribution in [0.1, 0.15) is 21.5 Å². The number of nitrogens with zero attached hydrogens (tertiary/aromatic N) is 2. The van der Waals surface area contributed by atoms with Crippen molar-refractivity contribution in [2.75, 3.05) is 13.2 Å². The summed E-state index contributed by atoms with van der Waals surface area (Å²) in [7, 11) is 0. The van der Waals surface area contributed by atoms with Crippen LogP contribution in [0.5, 0.6) is 6.01 Å². The zero-order chi connectivity index (χ0) is 25.0. The van der Waals surface area contributed by atoms with E-state index in [0.717, 1.165) is 16.5 Å². The number of nitrogen functional groups attached to an aromatic ring is 1. The first-order valence-corrected chi connectivity index (χ1v) is 10.6. The molecule has 2 aromatic carbocycles. The number of ether oxygens (including phenoxy) is 1. The molecule has 0 atom stereocenters. The van der Waals surface area contributed by atoms with Gasteiger partial charge in [0.2, 0.25) is 0 Å². The number of nitrogens with two attached hydrogens (primary N) is 1. The van der Waals surface area contributed by atoms with E-state index in [2.05, 4.69) is 25.0 Å². The maximum atomic E-state index is 12.5. The number of aromatic amines is 1. The molecule has 0 saturated heterocycles. The highest BCUT2D eigenvalue weighted by molar-refractivity contribution is 6.07. The number of hydrogen-bond donors (Lipinski definition) is 4. The van der Waals surface area contributed by atoms with Crippen LogP contribution in [0.4, 0.5) is 13.2 Å². The molecule has 11 heteroatoms. The molecule has 8 nitrogen and oxygen atoms in total. The van der Waals surface area contributed by atoms with E-state index < -0.39 is 12.8 Å². The van der Waals surface area contributed by atoms with Crippen molar-refractivity contribution in [2.24, 2.45) is 5.73 Å². The average molecular weight is 482 g/mol. The van der Waals surface area contributed by atoms with Crippen molar-refractivity contribution in [1.82, 2.24) is 20.3 Å². The van der Waals surface area contributed by atoms with Gasteiger partial charge < -0.3 is 20.8 Å². The largest absolute Gasteiger partial charge is 0.454 e. The van der Waals surface area contributed by atoms with Gasteiger partial charge in [-0.2, -0.15) is 18.2 Å². The number of amides is 1. The molecule has 2 aromatic heterocycles. The highest BCUT2D eigenvalue weighted by Gasteiger charge is 2.29. The van der Waals surface area contributed by atoms with Crippen molar-refractivity contribution in [3.63, 3.8) is 0 Å². The number of rotatable bonds is 8. The van der Waals surface area contributed by atoms with Crippen LogP contribution in [0, 0.1) is 5.41 Å². The molecule has 35 heavy (non-hydrogen) atoms. The third kappa shape index (κ3) is 5.94. The summed E-state index contributed by atoms with van der Waals surface area (Å²) in [5, 5.41) is 11.4. The number of benzene rings is 2. The molecule has 2 heterocycles. The van der Waals surface area contributed by atoms with Gasteiger partial charge in [-0.1, -0.05) is 18.2 Å². The molecule has 4 aromatic rings. The van der Waals surface area contributed by atoms with E-state index in [9.17, 15) is 18.0 Å². The number of amidine groups is 1. The first kappa shape index (κ1) is 23.7. The number of aromatic nitrogens is 3. The predicted octanol–water partition coefficient (Wildman–Crippen LogP) is 3.82. The van der Waals surface area contributed by atoms with Crippen LogP contribution < -0.4 is 15.8 Å². The quantitative estimate of drug-likeness (QED) is 0.224. The number of carbonyl (C=O) groups is 1. The van der Waals surface area contributed by atoms with Gasteiger partial charge in [-0.25, -0.2) is 4.98 Å². The van der Waals surface area contributed by atoms with Crippen LogP contribution in [-0.2, 0) is 6.42 Å². The van der Waals surface area contributed by atoms with E-state index in [0.29, 0.717) is 35.3 Å². The van der Waals surface area contributed by atoms with Gasteiger partial charge in [0.15, 0.2) is 6.61 Å². The molecule has 1 amide bonds. The molecule has 0 unspecified atom stereocenters. The number of alkyl halides is 3. The molecule has 180 valence electrons. The van der Waals surface area contributed by atoms with Crippen LogP contribution in [-0.4, -0.2) is 46.0 Å². The van der Waals surface area contributed by atoms with Crippen LogP contribution in [0.3, 0.4) is 0 Å². The molecule has 0 saturated carbocycles. The summed E-state index contributed by atoms with van der Waals surface area (Å²) in [6, 6.07) is 13.5. The third-order valence-electron chi connectivity index (χ3n) is 5.18. The minimum absolute atomic E-state index is 0.0165. The lowest BCUT2D eigenvalue weighted by atomic mass is 10.1. The SMILES string of the molecule is N=C(N)c1c[nH]c2ccc(CCNC(=O)c3ccc(-c4ccnc(OCC(F)(F)F)n4)cc3)cc12. The fraction of sp³-hybridized carbons (Fsp3) is 0.167. The number of carbonyl (C=O) groups excluding carboxylic acids is 1. The lowest BCUT2D eigenvalue weighted by molar-refractivity contribution is -0.154. The lowest BCUT2D eigenvalue weighted by Gasteiger charge is -2.09. The first-order chi connectivity index (χ1) is 16.7. The summed E-state index contributed by atoms with van der Waals surface area (Å²) < 4.78 is 41.6. The maximum absolute atomic E-state index is 12.5. The van der Waals surface area contributed by atoms with E-state index in [1.54, 1.807) is 30.5 Å². The van der Waals surface area contributed by atoms with Gasteiger partial charge in [0.1, 0.15) is 5.84 Å². The highest BCUT2D eigenvalue weighted by Crippen LogP contribution is 2.22. The molecule has 0 spiro atoms. The molecular formula is C24H21F3N6O2. The summed E-state index contributed by atoms with van der Waals surface area (Å²) in [6.45, 7) is -1.08. The van der Waals surface area contributed by atoms with Gasteiger partial charge in [-0.3, -0.25) is 10.2 Å². The fourth-order valence-electron chi connectivity index (χ4n) is 3.48. The molecule has 0 aliphatic rings. The van der Waals surface area contributed by atoms with Crippen LogP contribution in [0.15, 0.2) is 60.9 Å². The maximum Gasteiger partial charge on any atom is 0.422 e. The molecule has 0 bridgehead atoms. The molecular weight excluding hydrogens is 461 g/mol. The molecule has 0 fully saturated rings. The predicted molar refractivity (Wildman–Crippen MR) is 124 cm³/mol. The van der Waals surface area contributed by atoms with Gasteiger partial charge in [0, 0.05) is 46.5 Å². The van der Waals surface area contributed by atoms with Gasteiger partial charge in [-0.05, 0) is 42.3 Å². The first-order valence-electron chi connectivity index (χ1n) is 10.6. The highest BCUT2D eigenvalue weighted by atomic mass is 19.4. The number of nitrogens with one attached hydrogen (secondary N) is 3. The monoisotopic (exact) mass is 482 g/mol. The van der Waals surface area contributed by atoms with Crippen molar-refractivity contribution in [2.45, 2.75) is 12.6 Å². The number of hydrogen-bond acceptors (Lipinski definition) is 5. The van der Waals surface area contributed by atoms with Gasteiger partial charge in [0.05, 0.1) is 5.69 Å². The fourth-order valence-corrected chi connectivity index (χ4v) is 3.48. The smallest absolute Gasteiger partial charge is 0.422 e. The van der Waals surface area contributed by atoms with Crippen molar-refractivity contribution < 1.29 is 22.7 Å². The topological polar surface area (TPSA) is 130 Å². The second-order valence-electron chi connectivity index (χ2n) is 7.71. The van der Waals surface area contributed by atoms with E-state index in [4.69, 9.17) is 11.1 Å². The Balaban J connectivity index is 1.35. The number of halogens is 3. The van der Waals surface area contributed by atoms with Gasteiger partial charge in [0.25, 0.3) is 5.91 Å². The normalized spacial score (nSPS) is 11.4. The van der Waals surface area contributed by atoms with E-state index >= 15 is 0 Å². The average Bonchev–Trinajstić information content (AvgIpc) is 3.26. The summed E-state index contributed by atoms with van der Waals surface area (Å²) in [4.78, 5) is 23.3. The van der Waals surface area contributed by atoms with E-state index in [1.165, 1.54) is 12.3 Å². The minimum atomic E-state index is -4.49. The zero-order valence-corrected chi connectivity index (χ0v) is 18.3. The Morgan fingerprint density at radius 3 is 2.63 bits per heavy atom. The third-order valence-corrected chi connectivity index (χ3v) is 5.18. The molecule has 4 rings (SSSR count). The summed E-state index contributed by atoms with van der Waals surface area (Å²) in [5.41, 5.74) is 9.51. The Bertz CT molecular complexity index is 1370. The van der Waals surface area contributed by atoms with Crippen LogP contribution in [0.2, 0.25) is 0 Å². The molecule has 0 aliphatic carbocycles. The number of fused-ring (bicyclic) bond motifs is 1. The Labute approximate surface area is 197 Å². The Kier molecular flexibility index (Phi) is 6.67. The summed E-state index contributed by atoms with van der Waals surface area (Å²) in [6.07, 6.45) is -0.899. The molecule has 5 N–H and O–H groups in total. The van der Waals surface area contributed by atoms with Crippen molar-refractivity contribution in [1.29, 1.82) is 5.41 Å². The Hall–Kier alpha value is -4.41. The van der Waals surface area contributed by atoms with E-state index in [1.807, 2.05) is 18.2 Å².